The molecule has 0 aliphatic rings. The third-order valence-electron chi connectivity index (χ3n) is 2.07. The lowest BCUT2D eigenvalue weighted by Gasteiger charge is -2.06. The van der Waals surface area contributed by atoms with Crippen LogP contribution in [0.3, 0.4) is 0 Å². The van der Waals surface area contributed by atoms with Gasteiger partial charge in [0.05, 0.1) is 0 Å². The molecule has 2 aromatic heterocycles. The molecule has 1 amide bonds. The highest BCUT2D eigenvalue weighted by atomic mass is 35.5. The Morgan fingerprint density at radius 3 is 2.71 bits per heavy atom. The van der Waals surface area contributed by atoms with E-state index in [0.29, 0.717) is 11.5 Å². The molecule has 17 heavy (non-hydrogen) atoms. The van der Waals surface area contributed by atoms with Crippen LogP contribution in [0.5, 0.6) is 0 Å². The van der Waals surface area contributed by atoms with Crippen molar-refractivity contribution in [3.63, 3.8) is 0 Å². The molecule has 0 spiro atoms. The summed E-state index contributed by atoms with van der Waals surface area (Å²) in [4.78, 5) is 21.0. The fourth-order valence-electron chi connectivity index (χ4n) is 1.25. The number of hydrogen-bond donors (Lipinski definition) is 0. The topological polar surface area (TPSA) is 63.9 Å². The first-order valence-corrected chi connectivity index (χ1v) is 5.21. The highest BCUT2D eigenvalue weighted by molar-refractivity contribution is 6.30. The summed E-state index contributed by atoms with van der Waals surface area (Å²) in [6.45, 7) is 0. The predicted octanol–water partition coefficient (Wildman–Crippen LogP) is 1.02. The maximum atomic E-state index is 11.7. The molecule has 0 aromatic carbocycles. The van der Waals surface area contributed by atoms with Crippen LogP contribution < -0.4 is 0 Å². The van der Waals surface area contributed by atoms with Crippen LogP contribution in [0.4, 0.5) is 0 Å². The van der Waals surface area contributed by atoms with E-state index >= 15 is 0 Å². The van der Waals surface area contributed by atoms with Crippen molar-refractivity contribution in [2.24, 2.45) is 0 Å². The van der Waals surface area contributed by atoms with Crippen LogP contribution in [0, 0.1) is 0 Å². The Morgan fingerprint density at radius 1 is 1.35 bits per heavy atom. The van der Waals surface area contributed by atoms with Crippen LogP contribution in [0.2, 0.25) is 5.15 Å². The summed E-state index contributed by atoms with van der Waals surface area (Å²) < 4.78 is 1.42. The van der Waals surface area contributed by atoms with Gasteiger partial charge in [0.2, 0.25) is 0 Å². The molecule has 88 valence electrons. The Morgan fingerprint density at radius 2 is 2.06 bits per heavy atom. The third kappa shape index (κ3) is 2.26. The number of carbonyl (C=O) groups excluding carboxylic acids is 1. The lowest BCUT2D eigenvalue weighted by Crippen LogP contribution is -2.22. The van der Waals surface area contributed by atoms with E-state index in [1.807, 2.05) is 0 Å². The fourth-order valence-corrected chi connectivity index (χ4v) is 1.44. The summed E-state index contributed by atoms with van der Waals surface area (Å²) >= 11 is 5.88. The monoisotopic (exact) mass is 251 g/mol. The van der Waals surface area contributed by atoms with Gasteiger partial charge >= 0.3 is 0 Å². The minimum atomic E-state index is -0.177. The van der Waals surface area contributed by atoms with Crippen molar-refractivity contribution in [1.29, 1.82) is 0 Å². The van der Waals surface area contributed by atoms with Gasteiger partial charge in [-0.05, 0) is 6.07 Å². The predicted molar refractivity (Wildman–Crippen MR) is 62.2 cm³/mol. The number of rotatable bonds is 2. The van der Waals surface area contributed by atoms with Crippen LogP contribution >= 0.6 is 11.6 Å². The van der Waals surface area contributed by atoms with Crippen molar-refractivity contribution in [3.05, 3.63) is 35.5 Å². The van der Waals surface area contributed by atoms with Gasteiger partial charge in [0.15, 0.2) is 16.7 Å². The van der Waals surface area contributed by atoms with E-state index in [9.17, 15) is 4.79 Å². The maximum Gasteiger partial charge on any atom is 0.273 e. The first-order valence-electron chi connectivity index (χ1n) is 4.84. The zero-order valence-electron chi connectivity index (χ0n) is 9.33. The SMILES string of the molecule is CN(C)C(=O)c1ccn(-c2nccnc2Cl)n1. The number of carbonyl (C=O) groups is 1. The third-order valence-corrected chi connectivity index (χ3v) is 2.33. The average Bonchev–Trinajstić information content (AvgIpc) is 2.77. The maximum absolute atomic E-state index is 11.7. The molecule has 0 radical (unpaired) electrons. The van der Waals surface area contributed by atoms with E-state index in [0.717, 1.165) is 0 Å². The van der Waals surface area contributed by atoms with Crippen molar-refractivity contribution < 1.29 is 4.79 Å². The quantitative estimate of drug-likeness (QED) is 0.799. The number of amides is 1. The fraction of sp³-hybridized carbons (Fsp3) is 0.200. The number of nitrogens with zero attached hydrogens (tertiary/aromatic N) is 5. The van der Waals surface area contributed by atoms with Gasteiger partial charge in [-0.15, -0.1) is 0 Å². The number of aromatic nitrogens is 4. The van der Waals surface area contributed by atoms with Crippen molar-refractivity contribution in [1.82, 2.24) is 24.6 Å². The highest BCUT2D eigenvalue weighted by Gasteiger charge is 2.13. The van der Waals surface area contributed by atoms with Crippen molar-refractivity contribution in [2.45, 2.75) is 0 Å². The van der Waals surface area contributed by atoms with E-state index in [1.165, 1.54) is 22.0 Å². The van der Waals surface area contributed by atoms with Gasteiger partial charge in [-0.2, -0.15) is 5.10 Å². The van der Waals surface area contributed by atoms with E-state index in [2.05, 4.69) is 15.1 Å². The Bertz CT molecular complexity index is 551. The molecule has 2 heterocycles. The van der Waals surface area contributed by atoms with Gasteiger partial charge in [0, 0.05) is 32.7 Å². The first-order chi connectivity index (χ1) is 8.09. The molecule has 0 fully saturated rings. The van der Waals surface area contributed by atoms with E-state index in [1.54, 1.807) is 26.4 Å². The van der Waals surface area contributed by atoms with Crippen molar-refractivity contribution >= 4 is 17.5 Å². The second kappa shape index (κ2) is 4.50. The molecule has 2 aromatic rings. The summed E-state index contributed by atoms with van der Waals surface area (Å²) in [6, 6.07) is 1.60. The molecule has 0 unspecified atom stereocenters. The van der Waals surface area contributed by atoms with Crippen molar-refractivity contribution in [2.75, 3.05) is 14.1 Å². The van der Waals surface area contributed by atoms with Crippen molar-refractivity contribution in [3.8, 4) is 5.82 Å². The molecule has 0 atom stereocenters. The molecule has 0 saturated heterocycles. The summed E-state index contributed by atoms with van der Waals surface area (Å²) in [5, 5.41) is 4.34. The zero-order chi connectivity index (χ0) is 12.4. The molecule has 0 aliphatic carbocycles. The first kappa shape index (κ1) is 11.5. The van der Waals surface area contributed by atoms with Gasteiger partial charge < -0.3 is 4.90 Å². The minimum absolute atomic E-state index is 0.177. The lowest BCUT2D eigenvalue weighted by molar-refractivity contribution is 0.0821. The molecule has 2 rings (SSSR count). The molecule has 0 N–H and O–H groups in total. The van der Waals surface area contributed by atoms with Crippen LogP contribution in [-0.4, -0.2) is 44.7 Å². The van der Waals surface area contributed by atoms with E-state index in [-0.39, 0.29) is 11.1 Å². The Hall–Kier alpha value is -1.95. The summed E-state index contributed by atoms with van der Waals surface area (Å²) in [5.74, 6) is 0.218. The molecule has 7 heteroatoms. The van der Waals surface area contributed by atoms with Gasteiger partial charge in [0.25, 0.3) is 5.91 Å². The molecular weight excluding hydrogens is 242 g/mol. The summed E-state index contributed by atoms with van der Waals surface area (Å²) in [7, 11) is 3.33. The van der Waals surface area contributed by atoms with Crippen LogP contribution in [-0.2, 0) is 0 Å². The second-order valence-electron chi connectivity index (χ2n) is 3.52. The smallest absolute Gasteiger partial charge is 0.273 e. The summed E-state index contributed by atoms with van der Waals surface area (Å²) in [6.07, 6.45) is 4.62. The van der Waals surface area contributed by atoms with E-state index < -0.39 is 0 Å². The van der Waals surface area contributed by atoms with Crippen LogP contribution in [0.25, 0.3) is 5.82 Å². The number of hydrogen-bond acceptors (Lipinski definition) is 4. The molecular formula is C10H10ClN5O. The second-order valence-corrected chi connectivity index (χ2v) is 3.87. The average molecular weight is 252 g/mol. The largest absolute Gasteiger partial charge is 0.343 e. The van der Waals surface area contributed by atoms with Crippen LogP contribution in [0.15, 0.2) is 24.7 Å². The minimum Gasteiger partial charge on any atom is -0.343 e. The Labute approximate surface area is 103 Å². The molecule has 0 bridgehead atoms. The Kier molecular flexibility index (Phi) is 3.06. The Balaban J connectivity index is 2.37. The normalized spacial score (nSPS) is 10.3. The standard InChI is InChI=1S/C10H10ClN5O/c1-15(2)10(17)7-3-6-16(14-7)9-8(11)12-4-5-13-9/h3-6H,1-2H3. The molecule has 6 nitrogen and oxygen atoms in total. The zero-order valence-corrected chi connectivity index (χ0v) is 10.1. The summed E-state index contributed by atoms with van der Waals surface area (Å²) in [5.41, 5.74) is 0.330. The van der Waals surface area contributed by atoms with E-state index in [4.69, 9.17) is 11.6 Å². The van der Waals surface area contributed by atoms with Crippen LogP contribution in [0.1, 0.15) is 10.5 Å². The van der Waals surface area contributed by atoms with Gasteiger partial charge in [0.1, 0.15) is 0 Å². The highest BCUT2D eigenvalue weighted by Crippen LogP contribution is 2.13. The number of halogens is 1. The molecule has 0 aliphatic heterocycles. The lowest BCUT2D eigenvalue weighted by atomic mass is 10.4. The van der Waals surface area contributed by atoms with Gasteiger partial charge in [-0.3, -0.25) is 4.79 Å². The van der Waals surface area contributed by atoms with Gasteiger partial charge in [-0.25, -0.2) is 14.6 Å². The van der Waals surface area contributed by atoms with Gasteiger partial charge in [-0.1, -0.05) is 11.6 Å². The molecule has 0 saturated carbocycles.